The molecule has 0 fully saturated rings. The van der Waals surface area contributed by atoms with Crippen LogP contribution in [0.3, 0.4) is 0 Å². The molecule has 0 saturated heterocycles. The number of ether oxygens (including phenoxy) is 1. The van der Waals surface area contributed by atoms with E-state index < -0.39 is 0 Å². The Balaban J connectivity index is 2.10. The first-order valence-electron chi connectivity index (χ1n) is 6.69. The zero-order valence-corrected chi connectivity index (χ0v) is 11.5. The van der Waals surface area contributed by atoms with Crippen molar-refractivity contribution in [2.45, 2.75) is 12.5 Å². The minimum absolute atomic E-state index is 0.435. The van der Waals surface area contributed by atoms with Gasteiger partial charge in [0.1, 0.15) is 5.75 Å². The summed E-state index contributed by atoms with van der Waals surface area (Å²) in [5, 5.41) is 0. The smallest absolute Gasteiger partial charge is 0.123 e. The fraction of sp³-hybridized carbons (Fsp3) is 0.294. The Hall–Kier alpha value is -1.80. The van der Waals surface area contributed by atoms with Gasteiger partial charge in [-0.05, 0) is 24.2 Å². The first-order valence-corrected chi connectivity index (χ1v) is 6.69. The lowest BCUT2D eigenvalue weighted by Gasteiger charge is -2.33. The summed E-state index contributed by atoms with van der Waals surface area (Å²) >= 11 is 0. The van der Waals surface area contributed by atoms with Crippen molar-refractivity contribution in [3.63, 3.8) is 0 Å². The lowest BCUT2D eigenvalue weighted by Crippen LogP contribution is -2.31. The van der Waals surface area contributed by atoms with Crippen molar-refractivity contribution >= 4 is 0 Å². The molecular weight excluding hydrogens is 234 g/mol. The van der Waals surface area contributed by atoms with Gasteiger partial charge >= 0.3 is 0 Å². The number of hydrogen-bond acceptors (Lipinski definition) is 2. The zero-order valence-electron chi connectivity index (χ0n) is 11.5. The van der Waals surface area contributed by atoms with Crippen molar-refractivity contribution < 1.29 is 4.74 Å². The topological polar surface area (TPSA) is 12.5 Å². The van der Waals surface area contributed by atoms with Crippen LogP contribution in [0.5, 0.6) is 5.75 Å². The maximum atomic E-state index is 5.52. The van der Waals surface area contributed by atoms with Crippen LogP contribution in [-0.2, 0) is 6.54 Å². The fourth-order valence-electron chi connectivity index (χ4n) is 2.98. The average Bonchev–Trinajstić information content (AvgIpc) is 2.46. The molecule has 0 bridgehead atoms. The normalized spacial score (nSPS) is 18.9. The van der Waals surface area contributed by atoms with E-state index in [9.17, 15) is 0 Å². The summed E-state index contributed by atoms with van der Waals surface area (Å²) in [6, 6.07) is 17.1. The molecule has 2 heteroatoms. The van der Waals surface area contributed by atoms with Crippen LogP contribution in [-0.4, -0.2) is 25.6 Å². The summed E-state index contributed by atoms with van der Waals surface area (Å²) in [6.07, 6.45) is 0. The molecule has 0 radical (unpaired) electrons. The molecule has 0 aliphatic carbocycles. The number of hydrogen-bond donors (Lipinski definition) is 0. The SMILES string of the molecule is COc1cccc2c1CN(C)CC2c1ccccc1. The zero-order chi connectivity index (χ0) is 13.2. The van der Waals surface area contributed by atoms with Crippen LogP contribution in [0.1, 0.15) is 22.6 Å². The highest BCUT2D eigenvalue weighted by Gasteiger charge is 2.26. The van der Waals surface area contributed by atoms with Gasteiger partial charge in [-0.25, -0.2) is 0 Å². The molecule has 0 aromatic heterocycles. The Morgan fingerprint density at radius 2 is 1.84 bits per heavy atom. The van der Waals surface area contributed by atoms with E-state index in [0.29, 0.717) is 5.92 Å². The van der Waals surface area contributed by atoms with E-state index in [0.717, 1.165) is 18.8 Å². The van der Waals surface area contributed by atoms with Gasteiger partial charge in [0.15, 0.2) is 0 Å². The first kappa shape index (κ1) is 12.2. The van der Waals surface area contributed by atoms with Crippen molar-refractivity contribution in [3.8, 4) is 5.75 Å². The third-order valence-electron chi connectivity index (χ3n) is 3.89. The molecule has 1 aliphatic rings. The van der Waals surface area contributed by atoms with Crippen molar-refractivity contribution in [2.24, 2.45) is 0 Å². The molecule has 3 rings (SSSR count). The summed E-state index contributed by atoms with van der Waals surface area (Å²) in [6.45, 7) is 2.02. The maximum absolute atomic E-state index is 5.52. The van der Waals surface area contributed by atoms with Crippen molar-refractivity contribution in [1.82, 2.24) is 4.90 Å². The van der Waals surface area contributed by atoms with E-state index in [4.69, 9.17) is 4.74 Å². The summed E-state index contributed by atoms with van der Waals surface area (Å²) in [5.41, 5.74) is 4.11. The van der Waals surface area contributed by atoms with E-state index in [1.165, 1.54) is 16.7 Å². The van der Waals surface area contributed by atoms with Crippen molar-refractivity contribution in [1.29, 1.82) is 0 Å². The molecule has 2 aromatic carbocycles. The Morgan fingerprint density at radius 3 is 2.58 bits per heavy atom. The van der Waals surface area contributed by atoms with Crippen LogP contribution < -0.4 is 4.74 Å². The van der Waals surface area contributed by atoms with E-state index >= 15 is 0 Å². The summed E-state index contributed by atoms with van der Waals surface area (Å²) in [7, 11) is 3.92. The number of likely N-dealkylation sites (N-methyl/N-ethyl adjacent to an activating group) is 1. The van der Waals surface area contributed by atoms with E-state index in [1.807, 2.05) is 0 Å². The fourth-order valence-corrected chi connectivity index (χ4v) is 2.98. The Kier molecular flexibility index (Phi) is 3.26. The molecule has 1 aliphatic heterocycles. The van der Waals surface area contributed by atoms with Crippen LogP contribution in [0, 0.1) is 0 Å². The minimum atomic E-state index is 0.435. The highest BCUT2D eigenvalue weighted by Crippen LogP contribution is 2.37. The first-order chi connectivity index (χ1) is 9.29. The monoisotopic (exact) mass is 253 g/mol. The molecule has 2 nitrogen and oxygen atoms in total. The van der Waals surface area contributed by atoms with Gasteiger partial charge in [0.25, 0.3) is 0 Å². The van der Waals surface area contributed by atoms with Crippen LogP contribution >= 0.6 is 0 Å². The second-order valence-corrected chi connectivity index (χ2v) is 5.19. The van der Waals surface area contributed by atoms with Crippen LogP contribution in [0.15, 0.2) is 48.5 Å². The second-order valence-electron chi connectivity index (χ2n) is 5.19. The van der Waals surface area contributed by atoms with Crippen LogP contribution in [0.25, 0.3) is 0 Å². The van der Waals surface area contributed by atoms with Gasteiger partial charge in [0, 0.05) is 24.6 Å². The predicted molar refractivity (Wildman–Crippen MR) is 77.6 cm³/mol. The van der Waals surface area contributed by atoms with Gasteiger partial charge in [0.05, 0.1) is 7.11 Å². The maximum Gasteiger partial charge on any atom is 0.123 e. The Morgan fingerprint density at radius 1 is 1.05 bits per heavy atom. The molecule has 98 valence electrons. The van der Waals surface area contributed by atoms with E-state index in [-0.39, 0.29) is 0 Å². The number of nitrogens with zero attached hydrogens (tertiary/aromatic N) is 1. The van der Waals surface area contributed by atoms with Crippen LogP contribution in [0.2, 0.25) is 0 Å². The van der Waals surface area contributed by atoms with Crippen LogP contribution in [0.4, 0.5) is 0 Å². The van der Waals surface area contributed by atoms with Gasteiger partial charge < -0.3 is 9.64 Å². The molecule has 1 atom stereocenters. The lowest BCUT2D eigenvalue weighted by atomic mass is 9.84. The molecule has 0 amide bonds. The summed E-state index contributed by atoms with van der Waals surface area (Å²) in [5.74, 6) is 1.44. The van der Waals surface area contributed by atoms with E-state index in [2.05, 4.69) is 60.5 Å². The highest BCUT2D eigenvalue weighted by atomic mass is 16.5. The molecule has 1 unspecified atom stereocenters. The van der Waals surface area contributed by atoms with Gasteiger partial charge in [0.2, 0.25) is 0 Å². The van der Waals surface area contributed by atoms with Crippen molar-refractivity contribution in [2.75, 3.05) is 20.7 Å². The molecule has 19 heavy (non-hydrogen) atoms. The Bertz CT molecular complexity index is 565. The third-order valence-corrected chi connectivity index (χ3v) is 3.89. The number of benzene rings is 2. The van der Waals surface area contributed by atoms with Gasteiger partial charge in [-0.15, -0.1) is 0 Å². The predicted octanol–water partition coefficient (Wildman–Crippen LogP) is 3.27. The lowest BCUT2D eigenvalue weighted by molar-refractivity contribution is 0.286. The highest BCUT2D eigenvalue weighted by molar-refractivity contribution is 5.47. The number of methoxy groups -OCH3 is 1. The minimum Gasteiger partial charge on any atom is -0.496 e. The molecule has 0 saturated carbocycles. The summed E-state index contributed by atoms with van der Waals surface area (Å²) in [4.78, 5) is 2.36. The van der Waals surface area contributed by atoms with E-state index in [1.54, 1.807) is 7.11 Å². The molecule has 1 heterocycles. The third kappa shape index (κ3) is 2.24. The van der Waals surface area contributed by atoms with Gasteiger partial charge in [-0.2, -0.15) is 0 Å². The molecule has 0 N–H and O–H groups in total. The largest absolute Gasteiger partial charge is 0.496 e. The van der Waals surface area contributed by atoms with Gasteiger partial charge in [-0.1, -0.05) is 42.5 Å². The average molecular weight is 253 g/mol. The standard InChI is InChI=1S/C17H19NO/c1-18-11-15(13-7-4-3-5-8-13)14-9-6-10-17(19-2)16(14)12-18/h3-10,15H,11-12H2,1-2H3. The number of fused-ring (bicyclic) bond motifs is 1. The van der Waals surface area contributed by atoms with Crippen molar-refractivity contribution in [3.05, 3.63) is 65.2 Å². The quantitative estimate of drug-likeness (QED) is 0.814. The van der Waals surface area contributed by atoms with Gasteiger partial charge in [-0.3, -0.25) is 0 Å². The molecule has 0 spiro atoms. The number of rotatable bonds is 2. The molecule has 2 aromatic rings. The second kappa shape index (κ2) is 5.06. The Labute approximate surface area is 114 Å². The molecular formula is C17H19NO. The summed E-state index contributed by atoms with van der Waals surface area (Å²) < 4.78 is 5.52.